The van der Waals surface area contributed by atoms with Gasteiger partial charge in [0.2, 0.25) is 0 Å². The summed E-state index contributed by atoms with van der Waals surface area (Å²) in [6.45, 7) is 4.89. The van der Waals surface area contributed by atoms with E-state index in [2.05, 4.69) is 22.3 Å². The number of nitrogens with one attached hydrogen (secondary N) is 1. The smallest absolute Gasteiger partial charge is 0.138 e. The second-order valence-electron chi connectivity index (χ2n) is 4.29. The molecule has 90 valence electrons. The molecular weight excluding hydrogens is 204 g/mol. The molecule has 1 aromatic rings. The van der Waals surface area contributed by atoms with Crippen molar-refractivity contribution in [2.45, 2.75) is 25.8 Å². The van der Waals surface area contributed by atoms with Gasteiger partial charge in [0, 0.05) is 32.0 Å². The first-order valence-corrected chi connectivity index (χ1v) is 5.95. The molecule has 0 amide bonds. The Labute approximate surface area is 96.2 Å². The van der Waals surface area contributed by atoms with Gasteiger partial charge in [0.15, 0.2) is 0 Å². The quantitative estimate of drug-likeness (QED) is 0.785. The zero-order valence-electron chi connectivity index (χ0n) is 10.0. The number of nitrogens with zero attached hydrogens (tertiary/aromatic N) is 3. The Hall–Kier alpha value is -0.940. The minimum Gasteiger partial charge on any atom is -0.381 e. The third-order valence-electron chi connectivity index (χ3n) is 3.21. The lowest BCUT2D eigenvalue weighted by molar-refractivity contribution is 0.176. The van der Waals surface area contributed by atoms with Crippen LogP contribution in [0, 0.1) is 5.92 Å². The summed E-state index contributed by atoms with van der Waals surface area (Å²) in [5.74, 6) is 1.65. The molecule has 2 heterocycles. The van der Waals surface area contributed by atoms with E-state index in [0.29, 0.717) is 12.0 Å². The molecule has 0 aromatic carbocycles. The van der Waals surface area contributed by atoms with Gasteiger partial charge in [0.05, 0.1) is 6.61 Å². The molecule has 16 heavy (non-hydrogen) atoms. The van der Waals surface area contributed by atoms with E-state index >= 15 is 0 Å². The molecule has 2 unspecified atom stereocenters. The molecule has 0 aliphatic carbocycles. The van der Waals surface area contributed by atoms with Gasteiger partial charge in [0.25, 0.3) is 0 Å². The van der Waals surface area contributed by atoms with Gasteiger partial charge in [-0.1, -0.05) is 6.92 Å². The standard InChI is InChI=1S/C11H20N4O/c1-3-12-10(9-4-5-16-7-9)6-11-13-8-14-15(11)2/h8-10,12H,3-7H2,1-2H3. The van der Waals surface area contributed by atoms with Crippen molar-refractivity contribution in [3.63, 3.8) is 0 Å². The average Bonchev–Trinajstić information content (AvgIpc) is 2.90. The van der Waals surface area contributed by atoms with Crippen molar-refractivity contribution < 1.29 is 4.74 Å². The van der Waals surface area contributed by atoms with Crippen molar-refractivity contribution in [3.05, 3.63) is 12.2 Å². The first-order chi connectivity index (χ1) is 7.81. The highest BCUT2D eigenvalue weighted by atomic mass is 16.5. The van der Waals surface area contributed by atoms with E-state index < -0.39 is 0 Å². The Morgan fingerprint density at radius 2 is 2.56 bits per heavy atom. The third kappa shape index (κ3) is 2.59. The maximum atomic E-state index is 5.45. The van der Waals surface area contributed by atoms with Crippen LogP contribution in [0.2, 0.25) is 0 Å². The SMILES string of the molecule is CCNC(Cc1ncnn1C)C1CCOC1. The number of hydrogen-bond donors (Lipinski definition) is 1. The van der Waals surface area contributed by atoms with Crippen molar-refractivity contribution in [2.75, 3.05) is 19.8 Å². The molecule has 2 atom stereocenters. The van der Waals surface area contributed by atoms with Gasteiger partial charge in [-0.25, -0.2) is 4.98 Å². The number of ether oxygens (including phenoxy) is 1. The van der Waals surface area contributed by atoms with Crippen LogP contribution in [0.3, 0.4) is 0 Å². The Bertz CT molecular complexity index is 320. The number of hydrogen-bond acceptors (Lipinski definition) is 4. The lowest BCUT2D eigenvalue weighted by Gasteiger charge is -2.22. The Morgan fingerprint density at radius 1 is 1.69 bits per heavy atom. The first-order valence-electron chi connectivity index (χ1n) is 5.95. The minimum atomic E-state index is 0.454. The molecule has 2 rings (SSSR count). The van der Waals surface area contributed by atoms with Gasteiger partial charge in [-0.3, -0.25) is 4.68 Å². The molecule has 0 bridgehead atoms. The fourth-order valence-corrected chi connectivity index (χ4v) is 2.24. The minimum absolute atomic E-state index is 0.454. The molecule has 5 heteroatoms. The van der Waals surface area contributed by atoms with Crippen molar-refractivity contribution in [3.8, 4) is 0 Å². The van der Waals surface area contributed by atoms with E-state index in [1.54, 1.807) is 6.33 Å². The van der Waals surface area contributed by atoms with Crippen LogP contribution in [0.1, 0.15) is 19.2 Å². The summed E-state index contributed by atoms with van der Waals surface area (Å²) in [4.78, 5) is 4.28. The zero-order valence-corrected chi connectivity index (χ0v) is 10.0. The molecule has 1 aliphatic heterocycles. The molecule has 0 radical (unpaired) electrons. The second-order valence-corrected chi connectivity index (χ2v) is 4.29. The molecule has 1 N–H and O–H groups in total. The third-order valence-corrected chi connectivity index (χ3v) is 3.21. The van der Waals surface area contributed by atoms with Crippen LogP contribution in [-0.2, 0) is 18.2 Å². The largest absolute Gasteiger partial charge is 0.381 e. The highest BCUT2D eigenvalue weighted by molar-refractivity contribution is 4.92. The average molecular weight is 224 g/mol. The predicted octanol–water partition coefficient (Wildman–Crippen LogP) is 0.372. The fourth-order valence-electron chi connectivity index (χ4n) is 2.24. The van der Waals surface area contributed by atoms with Crippen LogP contribution in [-0.4, -0.2) is 40.6 Å². The van der Waals surface area contributed by atoms with Crippen LogP contribution in [0.4, 0.5) is 0 Å². The van der Waals surface area contributed by atoms with E-state index in [4.69, 9.17) is 4.74 Å². The van der Waals surface area contributed by atoms with Gasteiger partial charge in [-0.15, -0.1) is 0 Å². The molecule has 0 spiro atoms. The van der Waals surface area contributed by atoms with Gasteiger partial charge in [-0.05, 0) is 13.0 Å². The van der Waals surface area contributed by atoms with Gasteiger partial charge >= 0.3 is 0 Å². The zero-order chi connectivity index (χ0) is 11.4. The Balaban J connectivity index is 1.99. The molecular formula is C11H20N4O. The summed E-state index contributed by atoms with van der Waals surface area (Å²) >= 11 is 0. The van der Waals surface area contributed by atoms with E-state index in [0.717, 1.165) is 38.4 Å². The summed E-state index contributed by atoms with van der Waals surface area (Å²) in [5, 5.41) is 7.63. The Kier molecular flexibility index (Phi) is 3.90. The van der Waals surface area contributed by atoms with Crippen molar-refractivity contribution in [2.24, 2.45) is 13.0 Å². The molecule has 0 saturated carbocycles. The molecule has 1 aliphatic rings. The fraction of sp³-hybridized carbons (Fsp3) is 0.818. The van der Waals surface area contributed by atoms with Crippen molar-refractivity contribution in [1.29, 1.82) is 0 Å². The van der Waals surface area contributed by atoms with Crippen LogP contribution in [0.5, 0.6) is 0 Å². The van der Waals surface area contributed by atoms with Gasteiger partial charge < -0.3 is 10.1 Å². The van der Waals surface area contributed by atoms with Crippen LogP contribution in [0.25, 0.3) is 0 Å². The van der Waals surface area contributed by atoms with E-state index in [1.165, 1.54) is 0 Å². The highest BCUT2D eigenvalue weighted by Crippen LogP contribution is 2.19. The molecule has 1 fully saturated rings. The summed E-state index contributed by atoms with van der Waals surface area (Å²) in [6.07, 6.45) is 3.69. The van der Waals surface area contributed by atoms with E-state index in [1.807, 2.05) is 11.7 Å². The highest BCUT2D eigenvalue weighted by Gasteiger charge is 2.26. The first kappa shape index (κ1) is 11.5. The van der Waals surface area contributed by atoms with E-state index in [-0.39, 0.29) is 0 Å². The molecule has 1 saturated heterocycles. The van der Waals surface area contributed by atoms with Crippen LogP contribution < -0.4 is 5.32 Å². The number of likely N-dealkylation sites (N-methyl/N-ethyl adjacent to an activating group) is 1. The number of aromatic nitrogens is 3. The molecule has 5 nitrogen and oxygen atoms in total. The van der Waals surface area contributed by atoms with Crippen molar-refractivity contribution in [1.82, 2.24) is 20.1 Å². The van der Waals surface area contributed by atoms with Gasteiger partial charge in [-0.2, -0.15) is 5.10 Å². The maximum Gasteiger partial charge on any atom is 0.138 e. The lowest BCUT2D eigenvalue weighted by Crippen LogP contribution is -2.39. The Morgan fingerprint density at radius 3 is 3.12 bits per heavy atom. The summed E-state index contributed by atoms with van der Waals surface area (Å²) < 4.78 is 7.30. The number of rotatable bonds is 5. The number of aryl methyl sites for hydroxylation is 1. The van der Waals surface area contributed by atoms with Crippen LogP contribution in [0.15, 0.2) is 6.33 Å². The summed E-state index contributed by atoms with van der Waals surface area (Å²) in [6, 6.07) is 0.454. The van der Waals surface area contributed by atoms with Gasteiger partial charge in [0.1, 0.15) is 12.2 Å². The topological polar surface area (TPSA) is 52.0 Å². The molecule has 1 aromatic heterocycles. The maximum absolute atomic E-state index is 5.45. The normalized spacial score (nSPS) is 22.5. The summed E-state index contributed by atoms with van der Waals surface area (Å²) in [5.41, 5.74) is 0. The van der Waals surface area contributed by atoms with Crippen molar-refractivity contribution >= 4 is 0 Å². The predicted molar refractivity (Wildman–Crippen MR) is 61.1 cm³/mol. The summed E-state index contributed by atoms with van der Waals surface area (Å²) in [7, 11) is 1.94. The second kappa shape index (κ2) is 5.41. The monoisotopic (exact) mass is 224 g/mol. The van der Waals surface area contributed by atoms with E-state index in [9.17, 15) is 0 Å². The van der Waals surface area contributed by atoms with Crippen LogP contribution >= 0.6 is 0 Å². The lowest BCUT2D eigenvalue weighted by atomic mass is 9.96.